The second-order valence-electron chi connectivity index (χ2n) is 8.92. The number of alkyl halides is 3. The molecule has 11 heteroatoms. The molecule has 2 atom stereocenters. The van der Waals surface area contributed by atoms with E-state index in [1.54, 1.807) is 4.90 Å². The van der Waals surface area contributed by atoms with Gasteiger partial charge in [0.05, 0.1) is 43.9 Å². The number of halogens is 3. The summed E-state index contributed by atoms with van der Waals surface area (Å²) in [6.45, 7) is 4.73. The van der Waals surface area contributed by atoms with Crippen LogP contribution in [0.4, 0.5) is 18.9 Å². The summed E-state index contributed by atoms with van der Waals surface area (Å²) in [5.74, 6) is -0.713. The molecule has 188 valence electrons. The van der Waals surface area contributed by atoms with Gasteiger partial charge in [0.1, 0.15) is 0 Å². The van der Waals surface area contributed by atoms with Crippen LogP contribution in [0.25, 0.3) is 0 Å². The molecule has 1 aromatic carbocycles. The van der Waals surface area contributed by atoms with Gasteiger partial charge in [0.2, 0.25) is 11.8 Å². The molecule has 34 heavy (non-hydrogen) atoms. The zero-order chi connectivity index (χ0) is 24.3. The molecule has 4 rings (SSSR count). The first-order chi connectivity index (χ1) is 16.3. The van der Waals surface area contributed by atoms with Gasteiger partial charge in [-0.1, -0.05) is 0 Å². The van der Waals surface area contributed by atoms with Gasteiger partial charge in [-0.15, -0.1) is 0 Å². The second kappa shape index (κ2) is 10.5. The first-order valence-electron chi connectivity index (χ1n) is 11.6. The van der Waals surface area contributed by atoms with E-state index in [1.165, 1.54) is 13.2 Å². The second-order valence-corrected chi connectivity index (χ2v) is 8.92. The molecular weight excluding hydrogens is 453 g/mol. The summed E-state index contributed by atoms with van der Waals surface area (Å²) < 4.78 is 50.3. The van der Waals surface area contributed by atoms with Crippen molar-refractivity contribution in [3.63, 3.8) is 0 Å². The molecule has 0 unspecified atom stereocenters. The molecule has 3 heterocycles. The highest BCUT2D eigenvalue weighted by atomic mass is 19.4. The number of carbonyl (C=O) groups is 2. The Kier molecular flexibility index (Phi) is 7.63. The molecule has 0 saturated carbocycles. The highest BCUT2D eigenvalue weighted by molar-refractivity contribution is 5.82. The maximum atomic E-state index is 13.3. The number of hydrogen-bond acceptors (Lipinski definition) is 6. The zero-order valence-corrected chi connectivity index (χ0v) is 19.3. The average molecular weight is 485 g/mol. The SMILES string of the molecule is COCCNC(=O)[C@@H]1Cc2cc(C(F)(F)F)ccc2N2CCN(CC(=O)N3CCOCC3)C[C@@H]12. The molecule has 0 aliphatic carbocycles. The number of amides is 2. The van der Waals surface area contributed by atoms with Gasteiger partial charge in [-0.2, -0.15) is 13.2 Å². The molecule has 3 aliphatic rings. The van der Waals surface area contributed by atoms with Crippen LogP contribution in [-0.4, -0.2) is 100 Å². The van der Waals surface area contributed by atoms with Crippen LogP contribution in [-0.2, 0) is 31.7 Å². The number of hydrogen-bond donors (Lipinski definition) is 1. The van der Waals surface area contributed by atoms with E-state index in [4.69, 9.17) is 9.47 Å². The maximum Gasteiger partial charge on any atom is 0.416 e. The van der Waals surface area contributed by atoms with E-state index < -0.39 is 17.7 Å². The van der Waals surface area contributed by atoms with Crippen molar-refractivity contribution >= 4 is 17.5 Å². The van der Waals surface area contributed by atoms with Gasteiger partial charge in [-0.05, 0) is 30.2 Å². The Morgan fingerprint density at radius 3 is 2.65 bits per heavy atom. The predicted octanol–water partition coefficient (Wildman–Crippen LogP) is 0.990. The first-order valence-corrected chi connectivity index (χ1v) is 11.6. The van der Waals surface area contributed by atoms with Crippen LogP contribution in [0.2, 0.25) is 0 Å². The largest absolute Gasteiger partial charge is 0.416 e. The number of morpholine rings is 1. The van der Waals surface area contributed by atoms with Crippen molar-refractivity contribution < 1.29 is 32.2 Å². The highest BCUT2D eigenvalue weighted by Gasteiger charge is 2.43. The molecule has 1 N–H and O–H groups in total. The normalized spacial score (nSPS) is 23.3. The summed E-state index contributed by atoms with van der Waals surface area (Å²) in [7, 11) is 1.54. The van der Waals surface area contributed by atoms with Crippen molar-refractivity contribution in [2.75, 3.05) is 77.6 Å². The summed E-state index contributed by atoms with van der Waals surface area (Å²) in [6, 6.07) is 3.54. The van der Waals surface area contributed by atoms with Gasteiger partial charge in [0.25, 0.3) is 0 Å². The van der Waals surface area contributed by atoms with E-state index in [-0.39, 0.29) is 30.8 Å². The number of ether oxygens (including phenoxy) is 2. The molecule has 0 bridgehead atoms. The summed E-state index contributed by atoms with van der Waals surface area (Å²) in [5.41, 5.74) is 0.548. The Balaban J connectivity index is 1.53. The third-order valence-electron chi connectivity index (χ3n) is 6.79. The molecule has 0 aromatic heterocycles. The molecule has 1 aromatic rings. The van der Waals surface area contributed by atoms with Crippen molar-refractivity contribution in [2.45, 2.75) is 18.6 Å². The minimum atomic E-state index is -4.44. The third kappa shape index (κ3) is 5.47. The summed E-state index contributed by atoms with van der Waals surface area (Å²) in [6.07, 6.45) is -4.23. The molecule has 3 aliphatic heterocycles. The van der Waals surface area contributed by atoms with E-state index in [0.717, 1.165) is 17.8 Å². The lowest BCUT2D eigenvalue weighted by molar-refractivity contribution is -0.138. The van der Waals surface area contributed by atoms with Crippen LogP contribution in [0, 0.1) is 5.92 Å². The number of nitrogens with zero attached hydrogens (tertiary/aromatic N) is 3. The lowest BCUT2D eigenvalue weighted by Crippen LogP contribution is -2.62. The van der Waals surface area contributed by atoms with Gasteiger partial charge in [0, 0.05) is 52.1 Å². The monoisotopic (exact) mass is 484 g/mol. The molecule has 2 fully saturated rings. The van der Waals surface area contributed by atoms with Gasteiger partial charge >= 0.3 is 6.18 Å². The molecule has 8 nitrogen and oxygen atoms in total. The van der Waals surface area contributed by atoms with Crippen LogP contribution < -0.4 is 10.2 Å². The zero-order valence-electron chi connectivity index (χ0n) is 19.3. The smallest absolute Gasteiger partial charge is 0.383 e. The number of fused-ring (bicyclic) bond motifs is 3. The average Bonchev–Trinajstić information content (AvgIpc) is 2.83. The Morgan fingerprint density at radius 2 is 1.94 bits per heavy atom. The fourth-order valence-electron chi connectivity index (χ4n) is 5.01. The first kappa shape index (κ1) is 24.7. The van der Waals surface area contributed by atoms with Crippen LogP contribution in [0.5, 0.6) is 0 Å². The van der Waals surface area contributed by atoms with Gasteiger partial charge < -0.3 is 24.6 Å². The predicted molar refractivity (Wildman–Crippen MR) is 118 cm³/mol. The highest BCUT2D eigenvalue weighted by Crippen LogP contribution is 2.39. The van der Waals surface area contributed by atoms with E-state index in [9.17, 15) is 22.8 Å². The Labute approximate surface area is 196 Å². The Morgan fingerprint density at radius 1 is 1.18 bits per heavy atom. The van der Waals surface area contributed by atoms with Crippen molar-refractivity contribution in [1.82, 2.24) is 15.1 Å². The summed E-state index contributed by atoms with van der Waals surface area (Å²) >= 11 is 0. The van der Waals surface area contributed by atoms with Crippen LogP contribution in [0.1, 0.15) is 11.1 Å². The minimum absolute atomic E-state index is 0.0314. The lowest BCUT2D eigenvalue weighted by Gasteiger charge is -2.49. The number of nitrogens with one attached hydrogen (secondary N) is 1. The standard InChI is InChI=1S/C23H31F3N4O4/c1-33-9-4-27-22(32)18-13-16-12-17(23(24,25)26)2-3-19(16)30-6-5-28(14-20(18)30)15-21(31)29-7-10-34-11-8-29/h2-3,12,18,20H,4-11,13-15H2,1H3,(H,27,32)/t18-,20+/m1/s1. The van der Waals surface area contributed by atoms with E-state index in [1.807, 2.05) is 9.80 Å². The summed E-state index contributed by atoms with van der Waals surface area (Å²) in [4.78, 5) is 31.7. The summed E-state index contributed by atoms with van der Waals surface area (Å²) in [5, 5.41) is 2.85. The van der Waals surface area contributed by atoms with E-state index in [0.29, 0.717) is 64.7 Å². The number of anilines is 1. The fraction of sp³-hybridized carbons (Fsp3) is 0.652. The quantitative estimate of drug-likeness (QED) is 0.608. The van der Waals surface area contributed by atoms with Crippen molar-refractivity contribution in [3.05, 3.63) is 29.3 Å². The van der Waals surface area contributed by atoms with Crippen LogP contribution in [0.3, 0.4) is 0 Å². The Bertz CT molecular complexity index is 891. The molecule has 2 amide bonds. The van der Waals surface area contributed by atoms with E-state index in [2.05, 4.69) is 5.32 Å². The van der Waals surface area contributed by atoms with Crippen molar-refractivity contribution in [1.29, 1.82) is 0 Å². The molecule has 0 radical (unpaired) electrons. The van der Waals surface area contributed by atoms with Crippen molar-refractivity contribution in [3.8, 4) is 0 Å². The topological polar surface area (TPSA) is 74.4 Å². The number of rotatable bonds is 6. The van der Waals surface area contributed by atoms with Crippen LogP contribution >= 0.6 is 0 Å². The lowest BCUT2D eigenvalue weighted by atomic mass is 9.82. The van der Waals surface area contributed by atoms with Crippen LogP contribution in [0.15, 0.2) is 18.2 Å². The van der Waals surface area contributed by atoms with E-state index >= 15 is 0 Å². The fourth-order valence-corrected chi connectivity index (χ4v) is 5.01. The third-order valence-corrected chi connectivity index (χ3v) is 6.79. The number of methoxy groups -OCH3 is 1. The molecular formula is C23H31F3N4O4. The minimum Gasteiger partial charge on any atom is -0.383 e. The van der Waals surface area contributed by atoms with Gasteiger partial charge in [0.15, 0.2) is 0 Å². The number of benzene rings is 1. The molecule has 0 spiro atoms. The van der Waals surface area contributed by atoms with Crippen molar-refractivity contribution in [2.24, 2.45) is 5.92 Å². The van der Waals surface area contributed by atoms with Gasteiger partial charge in [-0.25, -0.2) is 0 Å². The Hall–Kier alpha value is -2.37. The number of piperazine rings is 1. The van der Waals surface area contributed by atoms with Gasteiger partial charge in [-0.3, -0.25) is 14.5 Å². The molecule has 2 saturated heterocycles. The maximum absolute atomic E-state index is 13.3. The number of carbonyl (C=O) groups excluding carboxylic acids is 2.